The molecule has 0 amide bonds. The summed E-state index contributed by atoms with van der Waals surface area (Å²) in [7, 11) is -3.50. The minimum absolute atomic E-state index is 0.0885. The zero-order valence-electron chi connectivity index (χ0n) is 14.4. The molecule has 0 aromatic rings. The van der Waals surface area contributed by atoms with Crippen LogP contribution in [0.3, 0.4) is 0 Å². The molecule has 0 atom stereocenters. The fourth-order valence-corrected chi connectivity index (χ4v) is 2.43. The van der Waals surface area contributed by atoms with Gasteiger partial charge >= 0.3 is 0 Å². The molecule has 0 heterocycles. The third-order valence-corrected chi connectivity index (χ3v) is 8.15. The second-order valence-corrected chi connectivity index (χ2v) is 16.9. The first-order valence-electron chi connectivity index (χ1n) is 6.98. The highest BCUT2D eigenvalue weighted by molar-refractivity contribution is 6.74. The maximum Gasteiger partial charge on any atom is 0.300 e. The van der Waals surface area contributed by atoms with Crippen molar-refractivity contribution in [2.24, 2.45) is 0 Å². The van der Waals surface area contributed by atoms with Crippen LogP contribution in [0.15, 0.2) is 12.2 Å². The molecule has 5 heteroatoms. The van der Waals surface area contributed by atoms with Gasteiger partial charge in [-0.05, 0) is 51.6 Å². The van der Waals surface area contributed by atoms with Gasteiger partial charge in [0.1, 0.15) is 6.26 Å². The van der Waals surface area contributed by atoms with E-state index in [0.29, 0.717) is 5.95 Å². The van der Waals surface area contributed by atoms with Gasteiger partial charge in [0.15, 0.2) is 0 Å². The number of rotatable bonds is 6. The molecule has 0 rings (SSSR count). The van der Waals surface area contributed by atoms with Gasteiger partial charge in [0.2, 0.25) is 16.6 Å². The Bertz CT molecular complexity index is 310. The van der Waals surface area contributed by atoms with Crippen molar-refractivity contribution in [1.29, 1.82) is 0 Å². The Morgan fingerprint density at radius 3 is 1.79 bits per heavy atom. The van der Waals surface area contributed by atoms with Crippen molar-refractivity contribution in [2.75, 3.05) is 0 Å². The fourth-order valence-electron chi connectivity index (χ4n) is 0.982. The summed E-state index contributed by atoms with van der Waals surface area (Å²) in [6.45, 7) is 21.5. The third-order valence-electron chi connectivity index (χ3n) is 3.01. The Morgan fingerprint density at radius 2 is 1.47 bits per heavy atom. The highest BCUT2D eigenvalue weighted by Gasteiger charge is 2.38. The second kappa shape index (κ2) is 6.35. The van der Waals surface area contributed by atoms with Gasteiger partial charge in [0.25, 0.3) is 5.95 Å². The predicted molar refractivity (Wildman–Crippen MR) is 87.0 cm³/mol. The van der Waals surface area contributed by atoms with Crippen LogP contribution in [0.2, 0.25) is 37.8 Å². The molecule has 0 aromatic carbocycles. The molecular weight excluding hydrogens is 272 g/mol. The average molecular weight is 305 g/mol. The summed E-state index contributed by atoms with van der Waals surface area (Å²) in [5.74, 6) is 0.527. The van der Waals surface area contributed by atoms with Crippen LogP contribution in [-0.2, 0) is 13.6 Å². The zero-order valence-corrected chi connectivity index (χ0v) is 16.4. The first-order chi connectivity index (χ1) is 8.24. The normalized spacial score (nSPS) is 14.6. The summed E-state index contributed by atoms with van der Waals surface area (Å²) in [5, 5.41) is 0.172. The highest BCUT2D eigenvalue weighted by Crippen LogP contribution is 2.37. The Kier molecular flexibility index (Phi) is 6.21. The summed E-state index contributed by atoms with van der Waals surface area (Å²) in [6, 6.07) is 0. The Balaban J connectivity index is 4.92. The van der Waals surface area contributed by atoms with E-state index in [-0.39, 0.29) is 11.1 Å². The topological polar surface area (TPSA) is 27.7 Å². The van der Waals surface area contributed by atoms with E-state index in [1.54, 1.807) is 6.26 Å². The molecule has 0 aliphatic carbocycles. The van der Waals surface area contributed by atoms with Crippen molar-refractivity contribution in [2.45, 2.75) is 78.5 Å². The van der Waals surface area contributed by atoms with Crippen LogP contribution >= 0.6 is 0 Å². The average Bonchev–Trinajstić information content (AvgIpc) is 2.09. The molecule has 3 nitrogen and oxygen atoms in total. The lowest BCUT2D eigenvalue weighted by Gasteiger charge is -2.35. The monoisotopic (exact) mass is 304 g/mol. The molecule has 0 unspecified atom stereocenters. The Hall–Kier alpha value is -0.426. The van der Waals surface area contributed by atoms with E-state index in [9.17, 15) is 0 Å². The summed E-state index contributed by atoms with van der Waals surface area (Å²) in [4.78, 5) is 0. The van der Waals surface area contributed by atoms with Crippen LogP contribution < -0.4 is 0 Å². The van der Waals surface area contributed by atoms with Crippen LogP contribution in [0.4, 0.5) is 0 Å². The molecule has 0 bridgehead atoms. The molecule has 0 saturated heterocycles. The van der Waals surface area contributed by atoms with Crippen LogP contribution in [-0.4, -0.2) is 22.7 Å². The van der Waals surface area contributed by atoms with Crippen LogP contribution in [0.1, 0.15) is 34.6 Å². The van der Waals surface area contributed by atoms with Crippen molar-refractivity contribution in [3.63, 3.8) is 0 Å². The van der Waals surface area contributed by atoms with Gasteiger partial charge < -0.3 is 13.6 Å². The van der Waals surface area contributed by atoms with E-state index >= 15 is 0 Å². The number of ether oxygens (including phenoxy) is 1. The van der Waals surface area contributed by atoms with Gasteiger partial charge in [0, 0.05) is 0 Å². The van der Waals surface area contributed by atoms with Gasteiger partial charge in [-0.25, -0.2) is 0 Å². The molecule has 0 aromatic heterocycles. The fraction of sp³-hybridized carbons (Fsp3) is 0.857. The smallest absolute Gasteiger partial charge is 0.300 e. The van der Waals surface area contributed by atoms with Crippen molar-refractivity contribution >= 4 is 16.6 Å². The van der Waals surface area contributed by atoms with Gasteiger partial charge in [-0.1, -0.05) is 20.8 Å². The molecular formula is C14H32O3Si2. The quantitative estimate of drug-likeness (QED) is 0.505. The van der Waals surface area contributed by atoms with Crippen LogP contribution in [0.25, 0.3) is 0 Å². The lowest BCUT2D eigenvalue weighted by Crippen LogP contribution is -2.39. The minimum atomic E-state index is -1.82. The second-order valence-electron chi connectivity index (χ2n) is 7.70. The molecule has 0 spiro atoms. The van der Waals surface area contributed by atoms with Gasteiger partial charge in [-0.3, -0.25) is 0 Å². The van der Waals surface area contributed by atoms with Crippen LogP contribution in [0, 0.1) is 0 Å². The Morgan fingerprint density at radius 1 is 1.00 bits per heavy atom. The third kappa shape index (κ3) is 7.67. The lowest BCUT2D eigenvalue weighted by atomic mass is 10.2. The molecule has 19 heavy (non-hydrogen) atoms. The lowest BCUT2D eigenvalue weighted by molar-refractivity contribution is 0.0521. The minimum Gasteiger partial charge on any atom is -0.544 e. The van der Waals surface area contributed by atoms with E-state index in [2.05, 4.69) is 53.5 Å². The highest BCUT2D eigenvalue weighted by atomic mass is 28.4. The SMILES string of the molecule is CC(C)O/C(=C/O[Si](C)(C)C(C)(C)C)O[Si](C)(C)C. The number of hydrogen-bond donors (Lipinski definition) is 0. The van der Waals surface area contributed by atoms with E-state index in [1.807, 2.05) is 13.8 Å². The van der Waals surface area contributed by atoms with Crippen molar-refractivity contribution in [3.05, 3.63) is 12.2 Å². The predicted octanol–water partition coefficient (Wildman–Crippen LogP) is 5.08. The van der Waals surface area contributed by atoms with E-state index in [1.165, 1.54) is 0 Å². The maximum absolute atomic E-state index is 6.05. The molecule has 0 aliphatic rings. The van der Waals surface area contributed by atoms with E-state index in [0.717, 1.165) is 0 Å². The van der Waals surface area contributed by atoms with E-state index < -0.39 is 16.6 Å². The molecule has 0 aliphatic heterocycles. The number of hydrogen-bond acceptors (Lipinski definition) is 3. The summed E-state index contributed by atoms with van der Waals surface area (Å²) >= 11 is 0. The first-order valence-corrected chi connectivity index (χ1v) is 13.3. The molecule has 0 N–H and O–H groups in total. The molecule has 0 saturated carbocycles. The molecule has 114 valence electrons. The summed E-state index contributed by atoms with van der Waals surface area (Å²) in [6.07, 6.45) is 1.78. The van der Waals surface area contributed by atoms with Crippen molar-refractivity contribution < 1.29 is 13.6 Å². The van der Waals surface area contributed by atoms with Crippen molar-refractivity contribution in [1.82, 2.24) is 0 Å². The summed E-state index contributed by atoms with van der Waals surface area (Å²) in [5.41, 5.74) is 0. The maximum atomic E-state index is 6.05. The largest absolute Gasteiger partial charge is 0.544 e. The van der Waals surface area contributed by atoms with Crippen molar-refractivity contribution in [3.8, 4) is 0 Å². The molecule has 0 fully saturated rings. The van der Waals surface area contributed by atoms with E-state index in [4.69, 9.17) is 13.6 Å². The summed E-state index contributed by atoms with van der Waals surface area (Å²) < 4.78 is 17.7. The standard InChI is InChI=1S/C14H32O3Si2/c1-12(2)16-13(17-18(6,7)8)11-15-19(9,10)14(3,4)5/h11-12H,1-10H3/b13-11-. The van der Waals surface area contributed by atoms with Crippen LogP contribution in [0.5, 0.6) is 0 Å². The zero-order chi connectivity index (χ0) is 15.5. The molecule has 0 radical (unpaired) electrons. The van der Waals surface area contributed by atoms with Gasteiger partial charge in [-0.2, -0.15) is 0 Å². The first kappa shape index (κ1) is 18.6. The van der Waals surface area contributed by atoms with Gasteiger partial charge in [-0.15, -0.1) is 0 Å². The Labute approximate surface area is 121 Å². The van der Waals surface area contributed by atoms with Gasteiger partial charge in [0.05, 0.1) is 6.10 Å².